The largest absolute Gasteiger partial charge is 0.480 e. The van der Waals surface area contributed by atoms with Gasteiger partial charge in [-0.1, -0.05) is 68.8 Å². The third-order valence-electron chi connectivity index (χ3n) is 7.18. The lowest BCUT2D eigenvalue weighted by molar-refractivity contribution is -0.143. The summed E-state index contributed by atoms with van der Waals surface area (Å²) < 4.78 is 0. The summed E-state index contributed by atoms with van der Waals surface area (Å²) in [5.74, 6) is -4.66. The molecule has 0 saturated carbocycles. The van der Waals surface area contributed by atoms with Gasteiger partial charge in [0.25, 0.3) is 0 Å². The summed E-state index contributed by atoms with van der Waals surface area (Å²) in [6.45, 7) is 3.65. The van der Waals surface area contributed by atoms with Gasteiger partial charge in [0, 0.05) is 23.5 Å². The molecule has 0 aliphatic heterocycles. The first-order valence-corrected chi connectivity index (χ1v) is 13.8. The molecule has 42 heavy (non-hydrogen) atoms. The number of hydrogen-bond donors (Lipinski definition) is 7. The number of carbonyl (C=O) groups excluding carboxylic acids is 4. The Morgan fingerprint density at radius 1 is 0.857 bits per heavy atom. The highest BCUT2D eigenvalue weighted by Crippen LogP contribution is 2.20. The molecule has 0 aliphatic rings. The molecule has 0 bridgehead atoms. The molecule has 5 atom stereocenters. The van der Waals surface area contributed by atoms with E-state index in [9.17, 15) is 29.1 Å². The highest BCUT2D eigenvalue weighted by atomic mass is 16.4. The van der Waals surface area contributed by atoms with Crippen LogP contribution in [0.25, 0.3) is 10.9 Å². The number of carboxylic acids is 1. The molecule has 12 nitrogen and oxygen atoms in total. The summed E-state index contributed by atoms with van der Waals surface area (Å²) in [6, 6.07) is 11.8. The van der Waals surface area contributed by atoms with Gasteiger partial charge in [0.1, 0.15) is 18.1 Å². The number of nitrogens with one attached hydrogen (secondary N) is 4. The Morgan fingerprint density at radius 3 is 2.14 bits per heavy atom. The Morgan fingerprint density at radius 2 is 1.50 bits per heavy atom. The first-order chi connectivity index (χ1) is 20.0. The molecular formula is C30H38N6O6. The third kappa shape index (κ3) is 8.64. The standard InChI is InChI=1S/C30H38N6O6/c1-3-17(2)26(36-27(38)21(31)13-18-9-5-4-6-10-18)29(40)34-23(28(39)35-24(30(41)42)15-25(32)37)14-19-16-33-22-12-8-7-11-20(19)22/h4-12,16-17,21,23-24,26,33H,3,13-15,31H2,1-2H3,(H2,32,37)(H,34,40)(H,35,39)(H,36,38)(H,41,42). The summed E-state index contributed by atoms with van der Waals surface area (Å²) >= 11 is 0. The molecule has 3 aromatic rings. The number of carboxylic acid groups (broad SMARTS) is 1. The van der Waals surface area contributed by atoms with Crippen molar-refractivity contribution in [1.29, 1.82) is 0 Å². The maximum absolute atomic E-state index is 13.6. The summed E-state index contributed by atoms with van der Waals surface area (Å²) in [7, 11) is 0. The molecule has 2 aromatic carbocycles. The zero-order valence-electron chi connectivity index (χ0n) is 23.6. The van der Waals surface area contributed by atoms with E-state index in [-0.39, 0.29) is 18.8 Å². The minimum Gasteiger partial charge on any atom is -0.480 e. The molecule has 5 unspecified atom stereocenters. The summed E-state index contributed by atoms with van der Waals surface area (Å²) in [5.41, 5.74) is 13.7. The van der Waals surface area contributed by atoms with Crippen LogP contribution in [0.3, 0.4) is 0 Å². The third-order valence-corrected chi connectivity index (χ3v) is 7.18. The highest BCUT2D eigenvalue weighted by molar-refractivity contribution is 5.95. The Bertz CT molecular complexity index is 1410. The van der Waals surface area contributed by atoms with Gasteiger partial charge in [0.2, 0.25) is 23.6 Å². The molecule has 224 valence electrons. The minimum absolute atomic E-state index is 0.000803. The quantitative estimate of drug-likeness (QED) is 0.137. The van der Waals surface area contributed by atoms with Gasteiger partial charge < -0.3 is 37.5 Å². The van der Waals surface area contributed by atoms with Crippen LogP contribution in [-0.2, 0) is 36.8 Å². The van der Waals surface area contributed by atoms with E-state index in [4.69, 9.17) is 11.5 Å². The van der Waals surface area contributed by atoms with Crippen molar-refractivity contribution in [3.63, 3.8) is 0 Å². The van der Waals surface area contributed by atoms with Gasteiger partial charge in [-0.25, -0.2) is 4.79 Å². The van der Waals surface area contributed by atoms with Gasteiger partial charge in [-0.15, -0.1) is 0 Å². The monoisotopic (exact) mass is 578 g/mol. The average molecular weight is 579 g/mol. The van der Waals surface area contributed by atoms with Crippen LogP contribution in [0.4, 0.5) is 0 Å². The SMILES string of the molecule is CCC(C)C(NC(=O)C(N)Cc1ccccc1)C(=O)NC(Cc1c[nH]c2ccccc12)C(=O)NC(CC(N)=O)C(=O)O. The number of aliphatic carboxylic acids is 1. The number of nitrogens with two attached hydrogens (primary N) is 2. The Kier molecular flexibility index (Phi) is 11.2. The predicted molar refractivity (Wildman–Crippen MR) is 157 cm³/mol. The van der Waals surface area contributed by atoms with E-state index in [1.165, 1.54) is 0 Å². The van der Waals surface area contributed by atoms with Crippen LogP contribution < -0.4 is 27.4 Å². The summed E-state index contributed by atoms with van der Waals surface area (Å²) in [6.07, 6.45) is 1.87. The molecule has 3 rings (SSSR count). The fourth-order valence-corrected chi connectivity index (χ4v) is 4.59. The van der Waals surface area contributed by atoms with Gasteiger partial charge >= 0.3 is 5.97 Å². The number of rotatable bonds is 15. The first-order valence-electron chi connectivity index (χ1n) is 13.8. The lowest BCUT2D eigenvalue weighted by Gasteiger charge is -2.28. The number of para-hydroxylation sites is 1. The van der Waals surface area contributed by atoms with Gasteiger partial charge in [-0.2, -0.15) is 0 Å². The minimum atomic E-state index is -1.58. The lowest BCUT2D eigenvalue weighted by atomic mass is 9.96. The lowest BCUT2D eigenvalue weighted by Crippen LogP contribution is -2.59. The first kappa shape index (κ1) is 31.8. The van der Waals surface area contributed by atoms with Crippen LogP contribution in [0.15, 0.2) is 60.8 Å². The van der Waals surface area contributed by atoms with Gasteiger partial charge in [-0.05, 0) is 29.5 Å². The maximum Gasteiger partial charge on any atom is 0.326 e. The van der Waals surface area contributed by atoms with Crippen molar-refractivity contribution in [3.8, 4) is 0 Å². The van der Waals surface area contributed by atoms with E-state index >= 15 is 0 Å². The van der Waals surface area contributed by atoms with E-state index in [2.05, 4.69) is 20.9 Å². The van der Waals surface area contributed by atoms with Crippen LogP contribution in [0.1, 0.15) is 37.8 Å². The number of carbonyl (C=O) groups is 5. The Labute approximate surface area is 243 Å². The fraction of sp³-hybridized carbons (Fsp3) is 0.367. The number of benzene rings is 2. The molecular weight excluding hydrogens is 540 g/mol. The summed E-state index contributed by atoms with van der Waals surface area (Å²) in [5, 5.41) is 18.1. The van der Waals surface area contributed by atoms with Crippen LogP contribution >= 0.6 is 0 Å². The second-order valence-electron chi connectivity index (χ2n) is 10.4. The van der Waals surface area contributed by atoms with E-state index in [1.807, 2.05) is 61.5 Å². The molecule has 4 amide bonds. The molecule has 0 saturated heterocycles. The molecule has 0 aliphatic carbocycles. The Hall–Kier alpha value is -4.71. The van der Waals surface area contributed by atoms with E-state index in [0.717, 1.165) is 16.5 Å². The molecule has 0 radical (unpaired) electrons. The number of primary amides is 1. The van der Waals surface area contributed by atoms with Crippen LogP contribution in [-0.4, -0.2) is 63.9 Å². The van der Waals surface area contributed by atoms with E-state index in [1.54, 1.807) is 13.1 Å². The fourth-order valence-electron chi connectivity index (χ4n) is 4.59. The second-order valence-corrected chi connectivity index (χ2v) is 10.4. The van der Waals surface area contributed by atoms with Gasteiger partial charge in [-0.3, -0.25) is 19.2 Å². The molecule has 12 heteroatoms. The maximum atomic E-state index is 13.6. The molecule has 1 heterocycles. The summed E-state index contributed by atoms with van der Waals surface area (Å²) in [4.78, 5) is 66.2. The van der Waals surface area contributed by atoms with Crippen LogP contribution in [0.2, 0.25) is 0 Å². The predicted octanol–water partition coefficient (Wildman–Crippen LogP) is 0.741. The zero-order valence-corrected chi connectivity index (χ0v) is 23.6. The van der Waals surface area contributed by atoms with Crippen molar-refractivity contribution >= 4 is 40.5 Å². The molecule has 1 aromatic heterocycles. The van der Waals surface area contributed by atoms with Crippen molar-refractivity contribution in [2.24, 2.45) is 17.4 Å². The van der Waals surface area contributed by atoms with Gasteiger partial charge in [0.15, 0.2) is 0 Å². The zero-order chi connectivity index (χ0) is 30.8. The second kappa shape index (κ2) is 14.8. The molecule has 0 fully saturated rings. The normalized spacial score (nSPS) is 14.6. The van der Waals surface area contributed by atoms with Crippen molar-refractivity contribution in [1.82, 2.24) is 20.9 Å². The number of hydrogen-bond acceptors (Lipinski definition) is 6. The van der Waals surface area contributed by atoms with Crippen LogP contribution in [0.5, 0.6) is 0 Å². The smallest absolute Gasteiger partial charge is 0.326 e. The molecule has 0 spiro atoms. The number of H-pyrrole nitrogens is 1. The Balaban J connectivity index is 1.83. The van der Waals surface area contributed by atoms with Crippen molar-refractivity contribution < 1.29 is 29.1 Å². The van der Waals surface area contributed by atoms with E-state index < -0.39 is 60.2 Å². The number of aromatic nitrogens is 1. The number of fused-ring (bicyclic) bond motifs is 1. The van der Waals surface area contributed by atoms with Crippen molar-refractivity contribution in [2.45, 2.75) is 63.7 Å². The van der Waals surface area contributed by atoms with Gasteiger partial charge in [0.05, 0.1) is 12.5 Å². The highest BCUT2D eigenvalue weighted by Gasteiger charge is 2.33. The van der Waals surface area contributed by atoms with E-state index in [0.29, 0.717) is 12.0 Å². The number of amides is 4. The topological polar surface area (TPSA) is 209 Å². The van der Waals surface area contributed by atoms with Crippen molar-refractivity contribution in [2.75, 3.05) is 0 Å². The van der Waals surface area contributed by atoms with Crippen LogP contribution in [0, 0.1) is 5.92 Å². The van der Waals surface area contributed by atoms with Crippen molar-refractivity contribution in [3.05, 3.63) is 71.9 Å². The number of aromatic amines is 1. The molecule has 9 N–H and O–H groups in total. The average Bonchev–Trinajstić information content (AvgIpc) is 3.37.